The Kier molecular flexibility index (Phi) is 42.6. The van der Waals surface area contributed by atoms with Crippen molar-refractivity contribution in [2.45, 2.75) is 226 Å². The van der Waals surface area contributed by atoms with E-state index in [0.29, 0.717) is 53.2 Å². The van der Waals surface area contributed by atoms with Gasteiger partial charge in [0.05, 0.1) is 75.1 Å². The zero-order valence-electron chi connectivity index (χ0n) is 76.8. The molecule has 0 radical (unpaired) electrons. The normalized spacial score (nSPS) is 11.1. The first kappa shape index (κ1) is 107. The number of phenolic OH excluding ortho intramolecular Hbond substituents is 1. The van der Waals surface area contributed by atoms with Crippen molar-refractivity contribution in [2.24, 2.45) is 5.92 Å². The van der Waals surface area contributed by atoms with Crippen LogP contribution in [0.1, 0.15) is 262 Å². The van der Waals surface area contributed by atoms with Crippen LogP contribution in [0.25, 0.3) is 38.0 Å². The van der Waals surface area contributed by atoms with E-state index < -0.39 is 63.4 Å². The number of carbonyl (C=O) groups is 2. The number of sulfonamides is 2. The van der Waals surface area contributed by atoms with Crippen LogP contribution in [0.4, 0.5) is 28.4 Å². The number of nitro groups is 2. The van der Waals surface area contributed by atoms with Crippen LogP contribution < -0.4 is 53.4 Å². The Labute approximate surface area is 736 Å². The number of aromatic hydroxyl groups is 1. The lowest BCUT2D eigenvalue weighted by molar-refractivity contribution is -0.385. The lowest BCUT2D eigenvalue weighted by atomic mass is 9.82. The standard InChI is InChI=1S/C23H19NO4.C22H13N3O4.2C19H24N2O4S.C4H10.6C2H6/c1-12(2)13-7-9-14(10-8-13)28-18-11-17(25)19-20(21(18)24)23(27)16-6-4-3-5-15(16)22(19)26;23-17-13-14(20(27)12-9-5-4-8-11(12)19(13)26)18(24)16-15(17)21(28)25(22(16)29)10-6-2-1-3-7-10;2*1-13(2)16-7-5-15(6-8-16)11-17-9-10-18(12-19(17)21(22)23)26(24,25)20-14(3)4;1-4(2)3;6*1-2/h3-12,25H,24H2,1-2H3;1-9H,23-24H2;2*5-10,12-14,20H,11H2,1-4H3;4H,1-3H3;6*1-2H3. The number of hydrogen-bond acceptors (Lipinski definition) is 19. The molecule has 0 saturated carbocycles. The number of nitrogens with one attached hydrogen (secondary N) is 2. The molecule has 0 fully saturated rings. The molecular weight excluding hydrogens is 1620 g/mol. The van der Waals surface area contributed by atoms with Crippen molar-refractivity contribution in [1.82, 2.24) is 14.0 Å². The van der Waals surface area contributed by atoms with Gasteiger partial charge in [-0.05, 0) is 116 Å². The molecule has 1 heterocycles. The SMILES string of the molecule is CC.CC.CC.CC.CC.CC.CC(C)C.CC(C)NS(=O)(=O)c1ccc(Cc2ccc(C(C)C)cc2)c([N+](=O)[O-])c1.CC(C)NS(=O)(=O)c1ccc(Cc2ccc(C(C)C)cc2)c([N+](=O)[O-])c1.CC(C)c1ccc(Oc2cc(O)c3c(c2N)C(=O)c2ccccc2C3=O)cc1.Nc1c2c(=O)c3ccccc3c(=O)c2c(N)c2c(=O)n(-c3ccccc3)c(=O)c12. The van der Waals surface area contributed by atoms with Crippen molar-refractivity contribution in [3.8, 4) is 22.9 Å². The van der Waals surface area contributed by atoms with Gasteiger partial charge in [0.15, 0.2) is 28.2 Å². The number of nitro benzene ring substituents is 2. The van der Waals surface area contributed by atoms with Crippen LogP contribution in [0.2, 0.25) is 0 Å². The summed E-state index contributed by atoms with van der Waals surface area (Å²) in [6, 6.07) is 53.2. The number of carbonyl (C=O) groups excluding carboxylic acids is 2. The summed E-state index contributed by atoms with van der Waals surface area (Å²) in [7, 11) is -7.55. The number of fused-ring (bicyclic) bond motifs is 5. The predicted octanol–water partition coefficient (Wildman–Crippen LogP) is 21.9. The van der Waals surface area contributed by atoms with Gasteiger partial charge in [0.25, 0.3) is 22.5 Å². The molecule has 24 nitrogen and oxygen atoms in total. The van der Waals surface area contributed by atoms with Crippen LogP contribution in [-0.2, 0) is 32.9 Å². The summed E-state index contributed by atoms with van der Waals surface area (Å²) in [6.45, 7) is 49.9. The Balaban J connectivity index is 0.000000407. The highest BCUT2D eigenvalue weighted by Crippen LogP contribution is 2.43. The number of phenols is 1. The number of rotatable bonds is 18. The fourth-order valence-electron chi connectivity index (χ4n) is 12.7. The molecule has 1 aromatic heterocycles. The number of aromatic nitrogens is 1. The van der Waals surface area contributed by atoms with Crippen LogP contribution in [-0.4, -0.2) is 60.0 Å². The van der Waals surface area contributed by atoms with Gasteiger partial charge >= 0.3 is 0 Å². The van der Waals surface area contributed by atoms with Crippen LogP contribution in [0.5, 0.6) is 17.2 Å². The lowest BCUT2D eigenvalue weighted by Crippen LogP contribution is -2.30. The van der Waals surface area contributed by atoms with Gasteiger partial charge in [-0.25, -0.2) is 30.8 Å². The summed E-state index contributed by atoms with van der Waals surface area (Å²) in [5.74, 6) is 1.54. The van der Waals surface area contributed by atoms with Crippen molar-refractivity contribution >= 4 is 92.4 Å². The Morgan fingerprint density at radius 3 is 1.06 bits per heavy atom. The molecule has 11 aromatic carbocycles. The van der Waals surface area contributed by atoms with Crippen LogP contribution in [0.15, 0.2) is 223 Å². The zero-order chi connectivity index (χ0) is 95.0. The smallest absolute Gasteiger partial charge is 0.274 e. The third-order valence-corrected chi connectivity index (χ3v) is 21.6. The first-order valence-electron chi connectivity index (χ1n) is 42.5. The molecule has 13 rings (SSSR count). The van der Waals surface area contributed by atoms with E-state index >= 15 is 0 Å². The van der Waals surface area contributed by atoms with Crippen LogP contribution >= 0.6 is 0 Å². The van der Waals surface area contributed by atoms with Gasteiger partial charge in [0.2, 0.25) is 20.0 Å². The Bertz CT molecular complexity index is 5840. The molecule has 125 heavy (non-hydrogen) atoms. The highest BCUT2D eigenvalue weighted by Gasteiger charge is 2.36. The number of benzene rings is 11. The van der Waals surface area contributed by atoms with Crippen molar-refractivity contribution in [2.75, 3.05) is 17.2 Å². The molecule has 26 heteroatoms. The van der Waals surface area contributed by atoms with Crippen molar-refractivity contribution in [3.63, 3.8) is 0 Å². The van der Waals surface area contributed by atoms with Gasteiger partial charge in [-0.1, -0.05) is 285 Å². The summed E-state index contributed by atoms with van der Waals surface area (Å²) in [5, 5.41) is 33.2. The molecule has 0 amide bonds. The maximum absolute atomic E-state index is 13.1. The average molecular weight is 1750 g/mol. The number of hydrogen-bond donors (Lipinski definition) is 6. The highest BCUT2D eigenvalue weighted by atomic mass is 32.2. The molecular formula is C99H126N8O16S2. The molecule has 0 atom stereocenters. The maximum atomic E-state index is 13.1. The molecule has 1 aliphatic carbocycles. The molecule has 0 unspecified atom stereocenters. The van der Waals surface area contributed by atoms with Gasteiger partial charge in [0.1, 0.15) is 11.5 Å². The Morgan fingerprint density at radius 2 is 0.728 bits per heavy atom. The van der Waals surface area contributed by atoms with Gasteiger partial charge in [-0.15, -0.1) is 0 Å². The van der Waals surface area contributed by atoms with Gasteiger partial charge in [-0.3, -0.25) is 49.0 Å². The van der Waals surface area contributed by atoms with Gasteiger partial charge < -0.3 is 27.0 Å². The minimum atomic E-state index is -3.77. The molecule has 12 aromatic rings. The van der Waals surface area contributed by atoms with Crippen molar-refractivity contribution in [1.29, 1.82) is 0 Å². The van der Waals surface area contributed by atoms with E-state index in [1.165, 1.54) is 53.6 Å². The van der Waals surface area contributed by atoms with E-state index in [0.717, 1.165) is 39.3 Å². The minimum absolute atomic E-state index is 0.0162. The first-order valence-corrected chi connectivity index (χ1v) is 45.5. The molecule has 1 aliphatic rings. The Hall–Kier alpha value is -12.4. The fraction of sp³-hybridized carbons (Fsp3) is 0.333. The van der Waals surface area contributed by atoms with E-state index in [1.54, 1.807) is 107 Å². The van der Waals surface area contributed by atoms with E-state index in [4.69, 9.17) is 21.9 Å². The van der Waals surface area contributed by atoms with Crippen molar-refractivity contribution < 1.29 is 46.1 Å². The maximum Gasteiger partial charge on any atom is 0.274 e. The molecule has 0 spiro atoms. The number of nitrogens with two attached hydrogens (primary N) is 3. The number of nitrogens with zero attached hydrogens (tertiary/aromatic N) is 3. The number of para-hydroxylation sites is 1. The molecule has 0 aliphatic heterocycles. The Morgan fingerprint density at radius 1 is 0.408 bits per heavy atom. The third kappa shape index (κ3) is 26.8. The largest absolute Gasteiger partial charge is 0.507 e. The number of ketones is 2. The summed E-state index contributed by atoms with van der Waals surface area (Å²) < 4.78 is 60.7. The second-order valence-corrected chi connectivity index (χ2v) is 32.9. The highest BCUT2D eigenvalue weighted by molar-refractivity contribution is 7.89. The second kappa shape index (κ2) is 49.8. The van der Waals surface area contributed by atoms with E-state index in [1.807, 2.05) is 144 Å². The molecule has 0 saturated heterocycles. The summed E-state index contributed by atoms with van der Waals surface area (Å²) in [4.78, 5) is 99.6. The lowest BCUT2D eigenvalue weighted by Gasteiger charge is -2.21. The molecule has 0 bridgehead atoms. The second-order valence-electron chi connectivity index (χ2n) is 29.4. The third-order valence-electron chi connectivity index (χ3n) is 18.2. The number of anilines is 3. The number of nitrogen functional groups attached to an aromatic ring is 3. The van der Waals surface area contributed by atoms with E-state index in [9.17, 15) is 70.9 Å². The van der Waals surface area contributed by atoms with Gasteiger partial charge in [-0.2, -0.15) is 0 Å². The summed E-state index contributed by atoms with van der Waals surface area (Å²) in [6.07, 6.45) is 0.735. The molecule has 9 N–H and O–H groups in total. The predicted molar refractivity (Wildman–Crippen MR) is 513 cm³/mol. The van der Waals surface area contributed by atoms with Crippen molar-refractivity contribution in [3.05, 3.63) is 317 Å². The topological polar surface area (TPSA) is 393 Å². The summed E-state index contributed by atoms with van der Waals surface area (Å²) >= 11 is 0. The zero-order valence-corrected chi connectivity index (χ0v) is 78.4. The van der Waals surface area contributed by atoms with E-state index in [2.05, 4.69) is 71.8 Å². The van der Waals surface area contributed by atoms with E-state index in [-0.39, 0.29) is 116 Å². The first-order chi connectivity index (χ1) is 59.2. The average Bonchev–Trinajstić information content (AvgIpc) is 1.58. The van der Waals surface area contributed by atoms with Crippen LogP contribution in [0, 0.1) is 26.1 Å². The summed E-state index contributed by atoms with van der Waals surface area (Å²) in [5.41, 5.74) is 22.7. The fourth-order valence-corrected chi connectivity index (χ4v) is 15.2. The van der Waals surface area contributed by atoms with Crippen LogP contribution in [0.3, 0.4) is 0 Å². The quantitative estimate of drug-likeness (QED) is 0.0116. The molecule has 670 valence electrons. The number of ether oxygens (including phenoxy) is 1. The van der Waals surface area contributed by atoms with Gasteiger partial charge in [0, 0.05) is 76.2 Å². The monoisotopic (exact) mass is 1750 g/mol. The minimum Gasteiger partial charge on any atom is -0.507 e.